The molecule has 0 bridgehead atoms. The number of nitrogens with zero attached hydrogens (tertiary/aromatic N) is 2. The molecule has 0 spiro atoms. The van der Waals surface area contributed by atoms with Crippen molar-refractivity contribution in [3.63, 3.8) is 0 Å². The molecular formula is C17H19FN4O2S. The van der Waals surface area contributed by atoms with E-state index in [0.717, 1.165) is 24.1 Å². The molecule has 1 atom stereocenters. The number of aromatic amines is 1. The highest BCUT2D eigenvalue weighted by Gasteiger charge is 2.26. The second-order valence-corrected chi connectivity index (χ2v) is 6.94. The Balaban J connectivity index is 1.56. The normalized spacial score (nSPS) is 17.5. The number of H-pyrrole nitrogens is 1. The number of hydrogen-bond donors (Lipinski definition) is 2. The number of halogens is 1. The lowest BCUT2D eigenvalue weighted by Gasteiger charge is -2.31. The highest BCUT2D eigenvalue weighted by Crippen LogP contribution is 2.23. The number of carbonyl (C=O) groups is 2. The van der Waals surface area contributed by atoms with Gasteiger partial charge in [-0.25, -0.2) is 9.37 Å². The molecule has 8 heteroatoms. The van der Waals surface area contributed by atoms with Crippen molar-refractivity contribution in [2.75, 3.05) is 18.8 Å². The molecule has 0 radical (unpaired) electrons. The van der Waals surface area contributed by atoms with Crippen molar-refractivity contribution in [2.24, 2.45) is 11.7 Å². The molecule has 3 N–H and O–H groups in total. The molecule has 3 rings (SSSR count). The van der Waals surface area contributed by atoms with Crippen LogP contribution in [0.3, 0.4) is 0 Å². The summed E-state index contributed by atoms with van der Waals surface area (Å²) in [6.45, 7) is 1.05. The van der Waals surface area contributed by atoms with Crippen LogP contribution in [0.5, 0.6) is 0 Å². The molecule has 1 fully saturated rings. The van der Waals surface area contributed by atoms with Gasteiger partial charge in [-0.1, -0.05) is 11.8 Å². The largest absolute Gasteiger partial charge is 0.369 e. The van der Waals surface area contributed by atoms with Gasteiger partial charge < -0.3 is 15.6 Å². The van der Waals surface area contributed by atoms with E-state index in [0.29, 0.717) is 18.2 Å². The number of piperidine rings is 1. The maximum absolute atomic E-state index is 13.0. The fourth-order valence-corrected chi connectivity index (χ4v) is 3.56. The van der Waals surface area contributed by atoms with Crippen LogP contribution in [0.2, 0.25) is 0 Å². The first kappa shape index (κ1) is 17.5. The Morgan fingerprint density at radius 3 is 2.84 bits per heavy atom. The average molecular weight is 362 g/mol. The van der Waals surface area contributed by atoms with Crippen molar-refractivity contribution in [1.29, 1.82) is 0 Å². The molecule has 1 aromatic carbocycles. The summed E-state index contributed by atoms with van der Waals surface area (Å²) >= 11 is 1.30. The number of nitrogens with two attached hydrogens (primary N) is 1. The SMILES string of the molecule is NC(=O)C1CCCN(C(=O)CSc2ncc(-c3ccc(F)cc3)[nH]2)C1. The number of amides is 2. The van der Waals surface area contributed by atoms with Crippen LogP contribution in [-0.2, 0) is 9.59 Å². The zero-order chi connectivity index (χ0) is 17.8. The number of thioether (sulfide) groups is 1. The van der Waals surface area contributed by atoms with Crippen LogP contribution in [0.4, 0.5) is 4.39 Å². The fourth-order valence-electron chi connectivity index (χ4n) is 2.81. The van der Waals surface area contributed by atoms with Crippen LogP contribution >= 0.6 is 11.8 Å². The Bertz CT molecular complexity index is 762. The van der Waals surface area contributed by atoms with E-state index in [-0.39, 0.29) is 29.3 Å². The van der Waals surface area contributed by atoms with Gasteiger partial charge in [0.15, 0.2) is 5.16 Å². The van der Waals surface area contributed by atoms with Crippen molar-refractivity contribution < 1.29 is 14.0 Å². The summed E-state index contributed by atoms with van der Waals surface area (Å²) in [5.41, 5.74) is 6.93. The first-order valence-corrected chi connectivity index (χ1v) is 9.02. The Hall–Kier alpha value is -2.35. The molecule has 1 aromatic heterocycles. The summed E-state index contributed by atoms with van der Waals surface area (Å²) in [6.07, 6.45) is 3.19. The number of rotatable bonds is 5. The Morgan fingerprint density at radius 1 is 1.36 bits per heavy atom. The minimum Gasteiger partial charge on any atom is -0.369 e. The average Bonchev–Trinajstić information content (AvgIpc) is 3.09. The number of primary amides is 1. The summed E-state index contributed by atoms with van der Waals surface area (Å²) in [5, 5.41) is 0.621. The first-order valence-electron chi connectivity index (χ1n) is 8.04. The Labute approximate surface area is 149 Å². The number of carbonyl (C=O) groups excluding carboxylic acids is 2. The molecule has 2 amide bonds. The van der Waals surface area contributed by atoms with Crippen LogP contribution in [0.15, 0.2) is 35.6 Å². The topological polar surface area (TPSA) is 92.1 Å². The van der Waals surface area contributed by atoms with Gasteiger partial charge in [-0.15, -0.1) is 0 Å². The predicted octanol–water partition coefficient (Wildman–Crippen LogP) is 2.03. The van der Waals surface area contributed by atoms with Gasteiger partial charge in [-0.2, -0.15) is 0 Å². The molecule has 132 valence electrons. The van der Waals surface area contributed by atoms with Crippen molar-refractivity contribution in [3.05, 3.63) is 36.3 Å². The molecule has 1 aliphatic rings. The minimum atomic E-state index is -0.347. The van der Waals surface area contributed by atoms with E-state index in [1.807, 2.05) is 0 Å². The molecule has 1 saturated heterocycles. The number of benzene rings is 1. The van der Waals surface area contributed by atoms with Gasteiger partial charge in [0.25, 0.3) is 0 Å². The lowest BCUT2D eigenvalue weighted by molar-refractivity contribution is -0.132. The summed E-state index contributed by atoms with van der Waals surface area (Å²) in [4.78, 5) is 32.7. The summed E-state index contributed by atoms with van der Waals surface area (Å²) in [5.74, 6) is -0.687. The molecule has 0 aliphatic carbocycles. The van der Waals surface area contributed by atoms with E-state index >= 15 is 0 Å². The van der Waals surface area contributed by atoms with Gasteiger partial charge in [-0.3, -0.25) is 9.59 Å². The lowest BCUT2D eigenvalue weighted by Crippen LogP contribution is -2.44. The maximum Gasteiger partial charge on any atom is 0.233 e. The number of nitrogens with one attached hydrogen (secondary N) is 1. The van der Waals surface area contributed by atoms with Crippen molar-refractivity contribution in [3.8, 4) is 11.3 Å². The van der Waals surface area contributed by atoms with Crippen molar-refractivity contribution in [2.45, 2.75) is 18.0 Å². The monoisotopic (exact) mass is 362 g/mol. The first-order chi connectivity index (χ1) is 12.0. The van der Waals surface area contributed by atoms with Crippen LogP contribution in [0, 0.1) is 11.7 Å². The molecule has 2 heterocycles. The third kappa shape index (κ3) is 4.39. The zero-order valence-electron chi connectivity index (χ0n) is 13.6. The van der Waals surface area contributed by atoms with E-state index in [1.165, 1.54) is 23.9 Å². The van der Waals surface area contributed by atoms with Gasteiger partial charge >= 0.3 is 0 Å². The number of likely N-dealkylation sites (tertiary alicyclic amines) is 1. The lowest BCUT2D eigenvalue weighted by atomic mass is 9.97. The standard InChI is InChI=1S/C17H19FN4O2S/c18-13-5-3-11(4-6-13)14-8-20-17(21-14)25-10-15(23)22-7-1-2-12(9-22)16(19)24/h3-6,8,12H,1-2,7,9-10H2,(H2,19,24)(H,20,21). The van der Waals surface area contributed by atoms with E-state index in [4.69, 9.17) is 5.73 Å². The quantitative estimate of drug-likeness (QED) is 0.796. The van der Waals surface area contributed by atoms with Gasteiger partial charge in [0.2, 0.25) is 11.8 Å². The summed E-state index contributed by atoms with van der Waals surface area (Å²) < 4.78 is 13.0. The third-order valence-electron chi connectivity index (χ3n) is 4.22. The number of hydrogen-bond acceptors (Lipinski definition) is 4. The predicted molar refractivity (Wildman–Crippen MR) is 93.2 cm³/mol. The van der Waals surface area contributed by atoms with E-state index in [9.17, 15) is 14.0 Å². The van der Waals surface area contributed by atoms with E-state index in [1.54, 1.807) is 23.2 Å². The third-order valence-corrected chi connectivity index (χ3v) is 5.09. The zero-order valence-corrected chi connectivity index (χ0v) is 14.4. The molecular weight excluding hydrogens is 343 g/mol. The highest BCUT2D eigenvalue weighted by molar-refractivity contribution is 7.99. The fraction of sp³-hybridized carbons (Fsp3) is 0.353. The molecule has 0 saturated carbocycles. The van der Waals surface area contributed by atoms with E-state index < -0.39 is 0 Å². The molecule has 2 aromatic rings. The maximum atomic E-state index is 13.0. The van der Waals surface area contributed by atoms with E-state index in [2.05, 4.69) is 9.97 Å². The second-order valence-electron chi connectivity index (χ2n) is 5.98. The smallest absolute Gasteiger partial charge is 0.233 e. The van der Waals surface area contributed by atoms with Crippen molar-refractivity contribution >= 4 is 23.6 Å². The molecule has 6 nitrogen and oxygen atoms in total. The highest BCUT2D eigenvalue weighted by atomic mass is 32.2. The van der Waals surface area contributed by atoms with Crippen LogP contribution < -0.4 is 5.73 Å². The second kappa shape index (κ2) is 7.69. The Morgan fingerprint density at radius 2 is 2.12 bits per heavy atom. The van der Waals surface area contributed by atoms with Crippen LogP contribution in [0.25, 0.3) is 11.3 Å². The van der Waals surface area contributed by atoms with Crippen molar-refractivity contribution in [1.82, 2.24) is 14.9 Å². The minimum absolute atomic E-state index is 0.0318. The van der Waals surface area contributed by atoms with Gasteiger partial charge in [-0.05, 0) is 42.7 Å². The van der Waals surface area contributed by atoms with Gasteiger partial charge in [0.1, 0.15) is 5.82 Å². The number of aromatic nitrogens is 2. The van der Waals surface area contributed by atoms with Gasteiger partial charge in [0.05, 0.1) is 23.6 Å². The molecule has 1 aliphatic heterocycles. The van der Waals surface area contributed by atoms with Crippen LogP contribution in [-0.4, -0.2) is 45.5 Å². The molecule has 25 heavy (non-hydrogen) atoms. The Kier molecular flexibility index (Phi) is 5.37. The summed E-state index contributed by atoms with van der Waals surface area (Å²) in [6, 6.07) is 6.11. The van der Waals surface area contributed by atoms with Crippen LogP contribution in [0.1, 0.15) is 12.8 Å². The number of imidazole rings is 1. The molecule has 1 unspecified atom stereocenters. The van der Waals surface area contributed by atoms with Gasteiger partial charge in [0, 0.05) is 13.1 Å². The summed E-state index contributed by atoms with van der Waals surface area (Å²) in [7, 11) is 0.